The van der Waals surface area contributed by atoms with Crippen LogP contribution in [0.1, 0.15) is 13.8 Å². The molecular formula is C20H22N4O4S. The van der Waals surface area contributed by atoms with E-state index in [0.29, 0.717) is 29.7 Å². The second-order valence-electron chi connectivity index (χ2n) is 6.36. The number of para-hydroxylation sites is 1. The van der Waals surface area contributed by atoms with Crippen LogP contribution in [0.2, 0.25) is 0 Å². The molecule has 1 aromatic heterocycles. The van der Waals surface area contributed by atoms with Gasteiger partial charge in [-0.25, -0.2) is 13.4 Å². The topological polar surface area (TPSA) is 101 Å². The van der Waals surface area contributed by atoms with Gasteiger partial charge in [0.15, 0.2) is 0 Å². The molecule has 0 aliphatic rings. The average Bonchev–Trinajstić information content (AvgIpc) is 2.71. The lowest BCUT2D eigenvalue weighted by Crippen LogP contribution is -2.30. The molecule has 0 aliphatic carbocycles. The number of nitrogens with zero attached hydrogens (tertiary/aromatic N) is 3. The number of benzene rings is 2. The Labute approximate surface area is 168 Å². The quantitative estimate of drug-likeness (QED) is 0.638. The third-order valence-corrected chi connectivity index (χ3v) is 6.55. The second-order valence-corrected chi connectivity index (χ2v) is 8.30. The first kappa shape index (κ1) is 20.7. The molecule has 0 fully saturated rings. The minimum absolute atomic E-state index is 0.100. The van der Waals surface area contributed by atoms with Crippen LogP contribution in [-0.4, -0.2) is 41.3 Å². The number of nitrogens with one attached hydrogen (secondary N) is 1. The number of carbonyl (C=O) groups is 1. The Kier molecular flexibility index (Phi) is 6.09. The van der Waals surface area contributed by atoms with E-state index in [0.717, 1.165) is 0 Å². The SMILES string of the molecule is CCN(CC)S(=O)(=O)c1cccc(NC(=O)Cn2cnc3ccccc3c2=O)c1. The van der Waals surface area contributed by atoms with Crippen LogP contribution in [0.4, 0.5) is 5.69 Å². The zero-order chi connectivity index (χ0) is 21.0. The second kappa shape index (κ2) is 8.54. The maximum atomic E-state index is 12.7. The molecule has 0 aliphatic heterocycles. The number of carbonyl (C=O) groups excluding carboxylic acids is 1. The molecule has 3 rings (SSSR count). The highest BCUT2D eigenvalue weighted by molar-refractivity contribution is 7.89. The van der Waals surface area contributed by atoms with E-state index in [-0.39, 0.29) is 17.0 Å². The lowest BCUT2D eigenvalue weighted by molar-refractivity contribution is -0.116. The van der Waals surface area contributed by atoms with Crippen LogP contribution in [0.3, 0.4) is 0 Å². The fourth-order valence-corrected chi connectivity index (χ4v) is 4.53. The van der Waals surface area contributed by atoms with Crippen molar-refractivity contribution >= 4 is 32.5 Å². The van der Waals surface area contributed by atoms with Gasteiger partial charge < -0.3 is 5.32 Å². The minimum atomic E-state index is -3.63. The fourth-order valence-electron chi connectivity index (χ4n) is 3.02. The van der Waals surface area contributed by atoms with Gasteiger partial charge in [0, 0.05) is 18.8 Å². The average molecular weight is 414 g/mol. The highest BCUT2D eigenvalue weighted by Crippen LogP contribution is 2.19. The summed E-state index contributed by atoms with van der Waals surface area (Å²) >= 11 is 0. The maximum absolute atomic E-state index is 12.7. The van der Waals surface area contributed by atoms with Gasteiger partial charge in [-0.2, -0.15) is 4.31 Å². The third kappa shape index (κ3) is 4.36. The zero-order valence-electron chi connectivity index (χ0n) is 16.2. The van der Waals surface area contributed by atoms with E-state index >= 15 is 0 Å². The van der Waals surface area contributed by atoms with Crippen molar-refractivity contribution in [1.82, 2.24) is 13.9 Å². The molecule has 0 saturated heterocycles. The van der Waals surface area contributed by atoms with Crippen LogP contribution in [0.25, 0.3) is 10.9 Å². The van der Waals surface area contributed by atoms with E-state index in [1.165, 1.54) is 27.3 Å². The van der Waals surface area contributed by atoms with Gasteiger partial charge >= 0.3 is 0 Å². The van der Waals surface area contributed by atoms with Crippen molar-refractivity contribution < 1.29 is 13.2 Å². The molecule has 1 N–H and O–H groups in total. The molecule has 2 aromatic carbocycles. The van der Waals surface area contributed by atoms with Gasteiger partial charge in [0.2, 0.25) is 15.9 Å². The predicted octanol–water partition coefficient (Wildman–Crippen LogP) is 2.07. The first-order valence-corrected chi connectivity index (χ1v) is 10.6. The van der Waals surface area contributed by atoms with Gasteiger partial charge in [0.1, 0.15) is 6.54 Å². The highest BCUT2D eigenvalue weighted by Gasteiger charge is 2.21. The molecule has 0 saturated carbocycles. The zero-order valence-corrected chi connectivity index (χ0v) is 17.0. The van der Waals surface area contributed by atoms with Gasteiger partial charge in [-0.05, 0) is 30.3 Å². The summed E-state index contributed by atoms with van der Waals surface area (Å²) < 4.78 is 27.9. The highest BCUT2D eigenvalue weighted by atomic mass is 32.2. The number of fused-ring (bicyclic) bond motifs is 1. The van der Waals surface area contributed by atoms with E-state index in [1.54, 1.807) is 50.2 Å². The van der Waals surface area contributed by atoms with Crippen LogP contribution in [0, 0.1) is 0 Å². The first-order chi connectivity index (χ1) is 13.9. The summed E-state index contributed by atoms with van der Waals surface area (Å²) in [5.74, 6) is -0.457. The predicted molar refractivity (Wildman–Crippen MR) is 111 cm³/mol. The van der Waals surface area contributed by atoms with Crippen molar-refractivity contribution in [3.63, 3.8) is 0 Å². The Morgan fingerprint density at radius 1 is 1.10 bits per heavy atom. The standard InChI is InChI=1S/C20H22N4O4S/c1-3-24(4-2)29(27,28)16-9-7-8-15(12-16)22-19(25)13-23-14-21-18-11-6-5-10-17(18)20(23)26/h5-12,14H,3-4,13H2,1-2H3,(H,22,25). The van der Waals surface area contributed by atoms with Gasteiger partial charge in [0.25, 0.3) is 5.56 Å². The molecule has 29 heavy (non-hydrogen) atoms. The molecule has 3 aromatic rings. The van der Waals surface area contributed by atoms with Crippen molar-refractivity contribution in [2.24, 2.45) is 0 Å². The Morgan fingerprint density at radius 2 is 1.83 bits per heavy atom. The summed E-state index contributed by atoms with van der Waals surface area (Å²) in [6.07, 6.45) is 1.32. The monoisotopic (exact) mass is 414 g/mol. The van der Waals surface area contributed by atoms with Gasteiger partial charge in [-0.15, -0.1) is 0 Å². The summed E-state index contributed by atoms with van der Waals surface area (Å²) in [5.41, 5.74) is 0.581. The number of aromatic nitrogens is 2. The van der Waals surface area contributed by atoms with Crippen LogP contribution in [0.15, 0.2) is 64.5 Å². The molecule has 0 spiro atoms. The summed E-state index contributed by atoms with van der Waals surface area (Å²) in [5, 5.41) is 3.07. The maximum Gasteiger partial charge on any atom is 0.261 e. The largest absolute Gasteiger partial charge is 0.324 e. The molecule has 0 radical (unpaired) electrons. The van der Waals surface area contributed by atoms with E-state index in [9.17, 15) is 18.0 Å². The van der Waals surface area contributed by atoms with Crippen molar-refractivity contribution in [1.29, 1.82) is 0 Å². The molecule has 1 heterocycles. The molecule has 0 unspecified atom stereocenters. The molecule has 0 bridgehead atoms. The molecule has 0 atom stereocenters. The molecule has 1 amide bonds. The van der Waals surface area contributed by atoms with E-state index < -0.39 is 15.9 Å². The van der Waals surface area contributed by atoms with Crippen LogP contribution < -0.4 is 10.9 Å². The summed E-state index contributed by atoms with van der Waals surface area (Å²) in [4.78, 5) is 29.2. The Morgan fingerprint density at radius 3 is 2.55 bits per heavy atom. The molecule has 8 nitrogen and oxygen atoms in total. The lowest BCUT2D eigenvalue weighted by atomic mass is 10.2. The number of amides is 1. The Bertz CT molecular complexity index is 1200. The number of anilines is 1. The molecule has 152 valence electrons. The number of rotatable bonds is 7. The normalized spacial score (nSPS) is 11.7. The summed E-state index contributed by atoms with van der Waals surface area (Å²) in [7, 11) is -3.63. The van der Waals surface area contributed by atoms with E-state index in [1.807, 2.05) is 0 Å². The molecular weight excluding hydrogens is 392 g/mol. The van der Waals surface area contributed by atoms with Crippen LogP contribution >= 0.6 is 0 Å². The smallest absolute Gasteiger partial charge is 0.261 e. The first-order valence-electron chi connectivity index (χ1n) is 9.21. The van der Waals surface area contributed by atoms with Crippen molar-refractivity contribution in [2.75, 3.05) is 18.4 Å². The van der Waals surface area contributed by atoms with Gasteiger partial charge in [-0.3, -0.25) is 14.2 Å². The van der Waals surface area contributed by atoms with E-state index in [2.05, 4.69) is 10.3 Å². The van der Waals surface area contributed by atoms with Crippen LogP contribution in [-0.2, 0) is 21.4 Å². The minimum Gasteiger partial charge on any atom is -0.324 e. The number of hydrogen-bond acceptors (Lipinski definition) is 5. The van der Waals surface area contributed by atoms with Gasteiger partial charge in [0.05, 0.1) is 22.1 Å². The Balaban J connectivity index is 1.80. The van der Waals surface area contributed by atoms with Crippen LogP contribution in [0.5, 0.6) is 0 Å². The van der Waals surface area contributed by atoms with Crippen molar-refractivity contribution in [3.8, 4) is 0 Å². The van der Waals surface area contributed by atoms with Crippen molar-refractivity contribution in [2.45, 2.75) is 25.3 Å². The van der Waals surface area contributed by atoms with Gasteiger partial charge in [-0.1, -0.05) is 32.0 Å². The molecule has 9 heteroatoms. The van der Waals surface area contributed by atoms with Crippen molar-refractivity contribution in [3.05, 3.63) is 65.2 Å². The summed E-state index contributed by atoms with van der Waals surface area (Å²) in [6.45, 7) is 4.01. The summed E-state index contributed by atoms with van der Waals surface area (Å²) in [6, 6.07) is 13.0. The fraction of sp³-hybridized carbons (Fsp3) is 0.250. The number of sulfonamides is 1. The van der Waals surface area contributed by atoms with E-state index in [4.69, 9.17) is 0 Å². The lowest BCUT2D eigenvalue weighted by Gasteiger charge is -2.18. The Hall–Kier alpha value is -3.04. The number of hydrogen-bond donors (Lipinski definition) is 1. The third-order valence-electron chi connectivity index (χ3n) is 4.51.